The second-order valence-corrected chi connectivity index (χ2v) is 5.40. The van der Waals surface area contributed by atoms with Gasteiger partial charge in [-0.05, 0) is 25.1 Å². The standard InChI is InChI=1S/C14H13N3O3S/c1-8-7-21-13(15-8)6-12-16-14(20-17-12)9-3-4-11(19-2)10(18)5-9/h3-5,7,18H,6H2,1-2H3. The van der Waals surface area contributed by atoms with E-state index >= 15 is 0 Å². The van der Waals surface area contributed by atoms with Gasteiger partial charge in [0.1, 0.15) is 5.01 Å². The lowest BCUT2D eigenvalue weighted by Crippen LogP contribution is -1.90. The normalized spacial score (nSPS) is 10.8. The Hall–Kier alpha value is -2.41. The maximum atomic E-state index is 9.77. The summed E-state index contributed by atoms with van der Waals surface area (Å²) >= 11 is 1.57. The molecule has 0 aliphatic carbocycles. The van der Waals surface area contributed by atoms with Gasteiger partial charge in [0, 0.05) is 16.6 Å². The van der Waals surface area contributed by atoms with Crippen LogP contribution < -0.4 is 4.74 Å². The lowest BCUT2D eigenvalue weighted by Gasteiger charge is -2.03. The molecule has 1 N–H and O–H groups in total. The van der Waals surface area contributed by atoms with E-state index in [1.165, 1.54) is 13.2 Å². The quantitative estimate of drug-likeness (QED) is 0.798. The van der Waals surface area contributed by atoms with Gasteiger partial charge in [0.2, 0.25) is 0 Å². The Morgan fingerprint density at radius 1 is 1.33 bits per heavy atom. The van der Waals surface area contributed by atoms with Crippen molar-refractivity contribution in [3.8, 4) is 23.0 Å². The minimum Gasteiger partial charge on any atom is -0.504 e. The third kappa shape index (κ3) is 2.87. The average molecular weight is 303 g/mol. The van der Waals surface area contributed by atoms with Crippen LogP contribution >= 0.6 is 11.3 Å². The second kappa shape index (κ2) is 5.53. The number of rotatable bonds is 4. The number of thiazole rings is 1. The van der Waals surface area contributed by atoms with Crippen molar-refractivity contribution in [2.75, 3.05) is 7.11 Å². The van der Waals surface area contributed by atoms with E-state index in [2.05, 4.69) is 15.1 Å². The number of hydrogen-bond donors (Lipinski definition) is 1. The second-order valence-electron chi connectivity index (χ2n) is 4.46. The summed E-state index contributed by atoms with van der Waals surface area (Å²) in [6.45, 7) is 1.95. The number of aryl methyl sites for hydroxylation is 1. The van der Waals surface area contributed by atoms with Crippen molar-refractivity contribution in [1.82, 2.24) is 15.1 Å². The highest BCUT2D eigenvalue weighted by Crippen LogP contribution is 2.30. The van der Waals surface area contributed by atoms with Crippen LogP contribution in [0.4, 0.5) is 0 Å². The Balaban J connectivity index is 1.82. The minimum atomic E-state index is 0.0327. The van der Waals surface area contributed by atoms with Gasteiger partial charge in [0.05, 0.1) is 13.5 Å². The molecule has 2 heterocycles. The summed E-state index contributed by atoms with van der Waals surface area (Å²) in [6, 6.07) is 4.94. The molecule has 21 heavy (non-hydrogen) atoms. The summed E-state index contributed by atoms with van der Waals surface area (Å²) in [7, 11) is 1.50. The number of phenolic OH excluding ortho intramolecular Hbond substituents is 1. The molecule has 3 aromatic rings. The first kappa shape index (κ1) is 13.6. The summed E-state index contributed by atoms with van der Waals surface area (Å²) in [4.78, 5) is 8.68. The van der Waals surface area contributed by atoms with Crippen molar-refractivity contribution in [3.63, 3.8) is 0 Å². The van der Waals surface area contributed by atoms with Gasteiger partial charge in [-0.2, -0.15) is 4.98 Å². The molecule has 6 nitrogen and oxygen atoms in total. The van der Waals surface area contributed by atoms with E-state index in [-0.39, 0.29) is 5.75 Å². The summed E-state index contributed by atoms with van der Waals surface area (Å²) in [6.07, 6.45) is 0.532. The third-order valence-electron chi connectivity index (χ3n) is 2.87. The Morgan fingerprint density at radius 2 is 2.19 bits per heavy atom. The molecular weight excluding hydrogens is 290 g/mol. The van der Waals surface area contributed by atoms with E-state index in [0.29, 0.717) is 29.4 Å². The summed E-state index contributed by atoms with van der Waals surface area (Å²) in [5, 5.41) is 16.6. The molecular formula is C14H13N3O3S. The van der Waals surface area contributed by atoms with Crippen LogP contribution in [0.5, 0.6) is 11.5 Å². The Kier molecular flexibility index (Phi) is 3.57. The van der Waals surface area contributed by atoms with Gasteiger partial charge in [-0.25, -0.2) is 4.98 Å². The monoisotopic (exact) mass is 303 g/mol. The van der Waals surface area contributed by atoms with Crippen molar-refractivity contribution >= 4 is 11.3 Å². The van der Waals surface area contributed by atoms with Crippen molar-refractivity contribution < 1.29 is 14.4 Å². The van der Waals surface area contributed by atoms with Crippen LogP contribution in [0.25, 0.3) is 11.5 Å². The first-order valence-electron chi connectivity index (χ1n) is 6.26. The molecule has 1 aromatic carbocycles. The third-order valence-corrected chi connectivity index (χ3v) is 3.84. The highest BCUT2D eigenvalue weighted by Gasteiger charge is 2.13. The zero-order chi connectivity index (χ0) is 14.8. The van der Waals surface area contributed by atoms with Crippen LogP contribution in [0.1, 0.15) is 16.5 Å². The predicted octanol–water partition coefficient (Wildman–Crippen LogP) is 2.81. The zero-order valence-electron chi connectivity index (χ0n) is 11.5. The van der Waals surface area contributed by atoms with Gasteiger partial charge in [-0.1, -0.05) is 5.16 Å². The molecule has 0 amide bonds. The van der Waals surface area contributed by atoms with Crippen LogP contribution in [-0.2, 0) is 6.42 Å². The maximum absolute atomic E-state index is 9.77. The van der Waals surface area contributed by atoms with E-state index in [9.17, 15) is 5.11 Å². The molecule has 2 aromatic heterocycles. The number of aromatic hydroxyl groups is 1. The molecule has 0 unspecified atom stereocenters. The van der Waals surface area contributed by atoms with Crippen LogP contribution in [0, 0.1) is 6.92 Å². The van der Waals surface area contributed by atoms with Crippen molar-refractivity contribution in [3.05, 3.63) is 40.1 Å². The van der Waals surface area contributed by atoms with E-state index in [0.717, 1.165) is 10.7 Å². The predicted molar refractivity (Wildman–Crippen MR) is 77.6 cm³/mol. The van der Waals surface area contributed by atoms with E-state index in [1.54, 1.807) is 23.5 Å². The maximum Gasteiger partial charge on any atom is 0.258 e. The van der Waals surface area contributed by atoms with Crippen LogP contribution in [0.2, 0.25) is 0 Å². The first-order chi connectivity index (χ1) is 10.2. The Labute approximate surface area is 125 Å². The topological polar surface area (TPSA) is 81.3 Å². The van der Waals surface area contributed by atoms with Crippen molar-refractivity contribution in [2.45, 2.75) is 13.3 Å². The van der Waals surface area contributed by atoms with Gasteiger partial charge in [-0.15, -0.1) is 11.3 Å². The highest BCUT2D eigenvalue weighted by atomic mass is 32.1. The average Bonchev–Trinajstić information content (AvgIpc) is 3.08. The van der Waals surface area contributed by atoms with Gasteiger partial charge < -0.3 is 14.4 Å². The Morgan fingerprint density at radius 3 is 2.86 bits per heavy atom. The number of nitrogens with zero attached hydrogens (tertiary/aromatic N) is 3. The van der Waals surface area contributed by atoms with E-state index < -0.39 is 0 Å². The number of aromatic nitrogens is 3. The zero-order valence-corrected chi connectivity index (χ0v) is 12.3. The van der Waals surface area contributed by atoms with Gasteiger partial charge in [0.15, 0.2) is 17.3 Å². The summed E-state index contributed by atoms with van der Waals surface area (Å²) < 4.78 is 10.2. The van der Waals surface area contributed by atoms with E-state index in [4.69, 9.17) is 9.26 Å². The number of methoxy groups -OCH3 is 1. The molecule has 0 aliphatic heterocycles. The fourth-order valence-electron chi connectivity index (χ4n) is 1.89. The molecule has 3 rings (SSSR count). The fourth-order valence-corrected chi connectivity index (χ4v) is 2.65. The minimum absolute atomic E-state index is 0.0327. The largest absolute Gasteiger partial charge is 0.504 e. The van der Waals surface area contributed by atoms with Gasteiger partial charge in [0.25, 0.3) is 5.89 Å². The van der Waals surface area contributed by atoms with Crippen LogP contribution in [0.3, 0.4) is 0 Å². The number of hydrogen-bond acceptors (Lipinski definition) is 7. The Bertz CT molecular complexity index is 766. The van der Waals surface area contributed by atoms with Gasteiger partial charge in [-0.3, -0.25) is 0 Å². The molecule has 0 atom stereocenters. The summed E-state index contributed by atoms with van der Waals surface area (Å²) in [5.41, 5.74) is 1.63. The molecule has 108 valence electrons. The summed E-state index contributed by atoms with van der Waals surface area (Å²) in [5.74, 6) is 1.35. The SMILES string of the molecule is COc1ccc(-c2nc(Cc3nc(C)cs3)no2)cc1O. The molecule has 0 aliphatic rings. The molecule has 7 heteroatoms. The molecule has 0 saturated carbocycles. The van der Waals surface area contributed by atoms with E-state index in [1.807, 2.05) is 12.3 Å². The van der Waals surface area contributed by atoms with Gasteiger partial charge >= 0.3 is 0 Å². The van der Waals surface area contributed by atoms with Crippen LogP contribution in [-0.4, -0.2) is 27.3 Å². The lowest BCUT2D eigenvalue weighted by molar-refractivity contribution is 0.373. The molecule has 0 radical (unpaired) electrons. The van der Waals surface area contributed by atoms with Crippen molar-refractivity contribution in [1.29, 1.82) is 0 Å². The molecule has 0 spiro atoms. The highest BCUT2D eigenvalue weighted by molar-refractivity contribution is 7.09. The first-order valence-corrected chi connectivity index (χ1v) is 7.14. The smallest absolute Gasteiger partial charge is 0.258 e. The molecule has 0 saturated heterocycles. The number of ether oxygens (including phenoxy) is 1. The molecule has 0 fully saturated rings. The van der Waals surface area contributed by atoms with Crippen LogP contribution in [0.15, 0.2) is 28.1 Å². The fraction of sp³-hybridized carbons (Fsp3) is 0.214. The number of phenols is 1. The number of benzene rings is 1. The molecule has 0 bridgehead atoms. The van der Waals surface area contributed by atoms with Crippen molar-refractivity contribution in [2.24, 2.45) is 0 Å². The lowest BCUT2D eigenvalue weighted by atomic mass is 10.2.